The van der Waals surface area contributed by atoms with Gasteiger partial charge in [-0.15, -0.1) is 10.3 Å². The van der Waals surface area contributed by atoms with E-state index in [1.807, 2.05) is 58.0 Å². The highest BCUT2D eigenvalue weighted by atomic mass is 127. The fraction of sp³-hybridized carbons (Fsp3) is 0.588. The Morgan fingerprint density at radius 2 is 1.91 bits per heavy atom. The van der Waals surface area contributed by atoms with Gasteiger partial charge in [-0.2, -0.15) is 0 Å². The molecule has 1 amide bonds. The summed E-state index contributed by atoms with van der Waals surface area (Å²) in [7, 11) is 0. The maximum atomic E-state index is 12.4. The second-order valence-electron chi connectivity index (χ2n) is 7.18. The molecule has 0 saturated carbocycles. The minimum atomic E-state index is -0.454. The number of rotatable bonds is 4. The molecule has 2 rings (SSSR count). The minimum absolute atomic E-state index is 0.00440. The van der Waals surface area contributed by atoms with E-state index in [-0.39, 0.29) is 21.3 Å². The molecule has 0 spiro atoms. The van der Waals surface area contributed by atoms with Crippen molar-refractivity contribution in [1.29, 1.82) is 0 Å². The number of nitrogens with one attached hydrogen (secondary N) is 1. The average Bonchev–Trinajstić information content (AvgIpc) is 2.64. The van der Waals surface area contributed by atoms with E-state index in [4.69, 9.17) is 0 Å². The summed E-state index contributed by atoms with van der Waals surface area (Å²) >= 11 is 2.16. The van der Waals surface area contributed by atoms with Crippen molar-refractivity contribution >= 4 is 28.5 Å². The first-order chi connectivity index (χ1) is 10.2. The van der Waals surface area contributed by atoms with Crippen LogP contribution in [-0.2, 0) is 10.0 Å². The Hall–Kier alpha value is -0.660. The highest BCUT2D eigenvalue weighted by Crippen LogP contribution is 2.43. The number of hydroxylamine groups is 2. The van der Waals surface area contributed by atoms with E-state index in [2.05, 4.69) is 27.9 Å². The minimum Gasteiger partial charge on any atom is -0.355 e. The fourth-order valence-electron chi connectivity index (χ4n) is 3.29. The Kier molecular flexibility index (Phi) is 5.19. The lowest BCUT2D eigenvalue weighted by Crippen LogP contribution is -2.48. The van der Waals surface area contributed by atoms with Crippen LogP contribution in [-0.4, -0.2) is 28.6 Å². The molecule has 1 fully saturated rings. The monoisotopic (exact) mass is 415 g/mol. The lowest BCUT2D eigenvalue weighted by atomic mass is 9.87. The summed E-state index contributed by atoms with van der Waals surface area (Å²) < 4.78 is -0.209. The van der Waals surface area contributed by atoms with Crippen molar-refractivity contribution in [3.63, 3.8) is 0 Å². The third-order valence-corrected chi connectivity index (χ3v) is 5.95. The molecule has 1 radical (unpaired) electrons. The van der Waals surface area contributed by atoms with Crippen LogP contribution in [0, 0.1) is 5.92 Å². The molecule has 22 heavy (non-hydrogen) atoms. The third-order valence-electron chi connectivity index (χ3n) is 4.66. The quantitative estimate of drug-likeness (QED) is 0.605. The predicted octanol–water partition coefficient (Wildman–Crippen LogP) is 3.50. The summed E-state index contributed by atoms with van der Waals surface area (Å²) in [4.78, 5) is 12.3. The van der Waals surface area contributed by atoms with Crippen LogP contribution in [0.5, 0.6) is 0 Å². The van der Waals surface area contributed by atoms with Crippen molar-refractivity contribution in [3.8, 4) is 0 Å². The van der Waals surface area contributed by atoms with Gasteiger partial charge in [-0.1, -0.05) is 52.9 Å². The third kappa shape index (κ3) is 3.46. The molecule has 1 saturated heterocycles. The maximum absolute atomic E-state index is 12.4. The SMILES string of the molecule is CC1(C)CC(CNC(=O)C(I)c2ccccc2)C(C)(C)N1[O]. The van der Waals surface area contributed by atoms with Gasteiger partial charge in [0.1, 0.15) is 3.92 Å². The molecule has 2 unspecified atom stereocenters. The number of hydrogen-bond acceptors (Lipinski definition) is 2. The van der Waals surface area contributed by atoms with E-state index in [9.17, 15) is 10.0 Å². The standard InChI is InChI=1S/C17H24IN2O2/c1-16(2)10-13(17(3,4)20(16)22)11-19-15(21)14(18)12-8-6-5-7-9-12/h5-9,13-14H,10-11H2,1-4H3,(H,19,21). The Balaban J connectivity index is 1.97. The molecule has 1 aromatic carbocycles. The number of benzene rings is 1. The van der Waals surface area contributed by atoms with Crippen LogP contribution >= 0.6 is 22.6 Å². The van der Waals surface area contributed by atoms with Crippen LogP contribution in [0.3, 0.4) is 0 Å². The van der Waals surface area contributed by atoms with Crippen LogP contribution < -0.4 is 5.32 Å². The fourth-order valence-corrected chi connectivity index (χ4v) is 3.93. The Morgan fingerprint density at radius 3 is 2.41 bits per heavy atom. The van der Waals surface area contributed by atoms with Gasteiger partial charge >= 0.3 is 0 Å². The zero-order valence-electron chi connectivity index (χ0n) is 13.6. The van der Waals surface area contributed by atoms with Crippen molar-refractivity contribution in [2.75, 3.05) is 6.54 Å². The first-order valence-electron chi connectivity index (χ1n) is 7.60. The molecular weight excluding hydrogens is 391 g/mol. The zero-order chi connectivity index (χ0) is 16.5. The van der Waals surface area contributed by atoms with Crippen LogP contribution in [0.1, 0.15) is 43.6 Å². The molecule has 1 aromatic rings. The smallest absolute Gasteiger partial charge is 0.237 e. The Labute approximate surface area is 146 Å². The molecule has 0 aromatic heterocycles. The van der Waals surface area contributed by atoms with Crippen molar-refractivity contribution in [3.05, 3.63) is 35.9 Å². The summed E-state index contributed by atoms with van der Waals surface area (Å²) in [6.07, 6.45) is 0.793. The lowest BCUT2D eigenvalue weighted by Gasteiger charge is -2.33. The number of hydrogen-bond donors (Lipinski definition) is 1. The highest BCUT2D eigenvalue weighted by Gasteiger charge is 2.52. The largest absolute Gasteiger partial charge is 0.355 e. The van der Waals surface area contributed by atoms with E-state index in [1.54, 1.807) is 0 Å². The van der Waals surface area contributed by atoms with Gasteiger partial charge in [0.15, 0.2) is 0 Å². The molecule has 1 heterocycles. The second kappa shape index (κ2) is 6.45. The zero-order valence-corrected chi connectivity index (χ0v) is 15.8. The predicted molar refractivity (Wildman–Crippen MR) is 95.0 cm³/mol. The van der Waals surface area contributed by atoms with Crippen LogP contribution in [0.15, 0.2) is 30.3 Å². The molecule has 5 heteroatoms. The van der Waals surface area contributed by atoms with E-state index >= 15 is 0 Å². The van der Waals surface area contributed by atoms with Gasteiger partial charge in [0.05, 0.1) is 0 Å². The van der Waals surface area contributed by atoms with Gasteiger partial charge in [0.25, 0.3) is 0 Å². The van der Waals surface area contributed by atoms with Crippen molar-refractivity contribution in [1.82, 2.24) is 10.4 Å². The number of carbonyl (C=O) groups is 1. The summed E-state index contributed by atoms with van der Waals surface area (Å²) in [5.41, 5.74) is 0.170. The van der Waals surface area contributed by atoms with Crippen molar-refractivity contribution in [2.45, 2.75) is 49.1 Å². The first-order valence-corrected chi connectivity index (χ1v) is 8.85. The van der Waals surface area contributed by atoms with Gasteiger partial charge < -0.3 is 5.32 Å². The molecule has 1 aliphatic rings. The summed E-state index contributed by atoms with van der Waals surface area (Å²) in [5, 5.41) is 16.6. The number of nitrogens with zero attached hydrogens (tertiary/aromatic N) is 1. The summed E-state index contributed by atoms with van der Waals surface area (Å²) in [6.45, 7) is 8.40. The van der Waals surface area contributed by atoms with Crippen LogP contribution in [0.25, 0.3) is 0 Å². The maximum Gasteiger partial charge on any atom is 0.237 e. The van der Waals surface area contributed by atoms with E-state index < -0.39 is 5.54 Å². The lowest BCUT2D eigenvalue weighted by molar-refractivity contribution is -0.248. The molecule has 1 N–H and O–H groups in total. The Morgan fingerprint density at radius 1 is 1.32 bits per heavy atom. The van der Waals surface area contributed by atoms with E-state index in [0.29, 0.717) is 6.54 Å². The topological polar surface area (TPSA) is 52.2 Å². The number of amides is 1. The highest BCUT2D eigenvalue weighted by molar-refractivity contribution is 14.1. The average molecular weight is 415 g/mol. The van der Waals surface area contributed by atoms with Crippen molar-refractivity contribution in [2.24, 2.45) is 5.92 Å². The molecule has 0 aliphatic carbocycles. The number of halogens is 1. The second-order valence-corrected chi connectivity index (χ2v) is 8.43. The van der Waals surface area contributed by atoms with Gasteiger partial charge in [-0.3, -0.25) is 4.79 Å². The number of alkyl halides is 1. The summed E-state index contributed by atoms with van der Waals surface area (Å²) in [5.74, 6) is 0.160. The van der Waals surface area contributed by atoms with Gasteiger partial charge in [0.2, 0.25) is 5.91 Å². The molecule has 0 bridgehead atoms. The molecule has 2 atom stereocenters. The van der Waals surface area contributed by atoms with Crippen molar-refractivity contribution < 1.29 is 10.0 Å². The molecule has 121 valence electrons. The van der Waals surface area contributed by atoms with E-state index in [0.717, 1.165) is 12.0 Å². The first kappa shape index (κ1) is 17.7. The number of carbonyl (C=O) groups excluding carboxylic acids is 1. The Bertz CT molecular complexity index is 531. The van der Waals surface area contributed by atoms with E-state index in [1.165, 1.54) is 5.06 Å². The van der Waals surface area contributed by atoms with Gasteiger partial charge in [0, 0.05) is 17.6 Å². The summed E-state index contributed by atoms with van der Waals surface area (Å²) in [6, 6.07) is 9.73. The van der Waals surface area contributed by atoms with Crippen LogP contribution in [0.4, 0.5) is 0 Å². The molecular formula is C17H24IN2O2. The van der Waals surface area contributed by atoms with Crippen LogP contribution in [0.2, 0.25) is 0 Å². The molecule has 4 nitrogen and oxygen atoms in total. The van der Waals surface area contributed by atoms with Gasteiger partial charge in [-0.05, 0) is 45.6 Å². The normalized spacial score (nSPS) is 24.9. The van der Waals surface area contributed by atoms with Gasteiger partial charge in [-0.25, -0.2) is 0 Å². The molecule has 1 aliphatic heterocycles.